The van der Waals surface area contributed by atoms with E-state index in [-0.39, 0.29) is 18.0 Å². The van der Waals surface area contributed by atoms with E-state index in [1.165, 1.54) is 24.3 Å². The average Bonchev–Trinajstić information content (AvgIpc) is 2.49. The number of carbonyl (C=O) groups is 2. The van der Waals surface area contributed by atoms with Gasteiger partial charge in [0.25, 0.3) is 0 Å². The quantitative estimate of drug-likeness (QED) is 0.654. The summed E-state index contributed by atoms with van der Waals surface area (Å²) >= 11 is 1.04. The van der Waals surface area contributed by atoms with Crippen LogP contribution in [0, 0.1) is 5.82 Å². The van der Waals surface area contributed by atoms with Crippen molar-refractivity contribution in [3.63, 3.8) is 0 Å². The van der Waals surface area contributed by atoms with Gasteiger partial charge in [-0.2, -0.15) is 0 Å². The van der Waals surface area contributed by atoms with Crippen molar-refractivity contribution in [2.24, 2.45) is 0 Å². The first kappa shape index (κ1) is 15.3. The van der Waals surface area contributed by atoms with Crippen LogP contribution in [0.2, 0.25) is 0 Å². The Hall–Kier alpha value is -2.14. The molecule has 2 aromatic rings. The summed E-state index contributed by atoms with van der Waals surface area (Å²) in [6.45, 7) is 0. The van der Waals surface area contributed by atoms with Crippen molar-refractivity contribution in [1.29, 1.82) is 0 Å². The average molecular weight is 304 g/mol. The molecule has 0 fully saturated rings. The molecule has 1 unspecified atom stereocenters. The Morgan fingerprint density at radius 1 is 1.05 bits per heavy atom. The summed E-state index contributed by atoms with van der Waals surface area (Å²) in [6, 6.07) is 14.1. The Morgan fingerprint density at radius 3 is 2.24 bits per heavy atom. The Kier molecular flexibility index (Phi) is 5.11. The Balaban J connectivity index is 2.07. The van der Waals surface area contributed by atoms with Gasteiger partial charge in [-0.1, -0.05) is 30.3 Å². The summed E-state index contributed by atoms with van der Waals surface area (Å²) in [5.41, 5.74) is 0.489. The van der Waals surface area contributed by atoms with Crippen LogP contribution in [0.5, 0.6) is 0 Å². The third kappa shape index (κ3) is 4.43. The number of aliphatic carboxylic acids is 1. The molecule has 0 aliphatic heterocycles. The minimum Gasteiger partial charge on any atom is -0.480 e. The summed E-state index contributed by atoms with van der Waals surface area (Å²) in [5, 5.41) is 8.34. The third-order valence-corrected chi connectivity index (χ3v) is 4.03. The standard InChI is InChI=1S/C16H13FO3S/c17-12-6-8-13(9-7-12)21-15(16(19)20)10-14(18)11-4-2-1-3-5-11/h1-9,15H,10H2,(H,19,20). The van der Waals surface area contributed by atoms with Crippen LogP contribution in [0.3, 0.4) is 0 Å². The number of hydrogen-bond donors (Lipinski definition) is 1. The number of Topliss-reactive ketones (excluding diaryl/α,β-unsaturated/α-hetero) is 1. The molecule has 0 spiro atoms. The van der Waals surface area contributed by atoms with Gasteiger partial charge in [0.15, 0.2) is 5.78 Å². The van der Waals surface area contributed by atoms with Gasteiger partial charge in [-0.25, -0.2) is 4.39 Å². The highest BCUT2D eigenvalue weighted by Gasteiger charge is 2.23. The molecule has 21 heavy (non-hydrogen) atoms. The number of carboxylic acid groups (broad SMARTS) is 1. The molecule has 108 valence electrons. The Morgan fingerprint density at radius 2 is 1.67 bits per heavy atom. The SMILES string of the molecule is O=C(CC(Sc1ccc(F)cc1)C(=O)O)c1ccccc1. The lowest BCUT2D eigenvalue weighted by Gasteiger charge is -2.11. The van der Waals surface area contributed by atoms with Gasteiger partial charge >= 0.3 is 5.97 Å². The maximum Gasteiger partial charge on any atom is 0.317 e. The fourth-order valence-corrected chi connectivity index (χ4v) is 2.72. The molecular formula is C16H13FO3S. The second kappa shape index (κ2) is 7.04. The van der Waals surface area contributed by atoms with Crippen molar-refractivity contribution in [3.05, 3.63) is 66.0 Å². The number of thioether (sulfide) groups is 1. The largest absolute Gasteiger partial charge is 0.480 e. The summed E-state index contributed by atoms with van der Waals surface area (Å²) in [4.78, 5) is 24.0. The number of carboxylic acids is 1. The summed E-state index contributed by atoms with van der Waals surface area (Å²) in [7, 11) is 0. The van der Waals surface area contributed by atoms with Crippen LogP contribution >= 0.6 is 11.8 Å². The first-order valence-electron chi connectivity index (χ1n) is 6.29. The molecule has 0 bridgehead atoms. The van der Waals surface area contributed by atoms with Gasteiger partial charge in [-0.15, -0.1) is 11.8 Å². The number of halogens is 1. The molecule has 0 saturated heterocycles. The first-order chi connectivity index (χ1) is 10.1. The van der Waals surface area contributed by atoms with Crippen LogP contribution in [0.15, 0.2) is 59.5 Å². The molecule has 1 atom stereocenters. The molecule has 0 amide bonds. The number of benzene rings is 2. The lowest BCUT2D eigenvalue weighted by molar-refractivity contribution is -0.136. The first-order valence-corrected chi connectivity index (χ1v) is 7.17. The van der Waals surface area contributed by atoms with E-state index in [9.17, 15) is 19.1 Å². The highest BCUT2D eigenvalue weighted by molar-refractivity contribution is 8.00. The zero-order chi connectivity index (χ0) is 15.2. The van der Waals surface area contributed by atoms with E-state index in [0.29, 0.717) is 10.5 Å². The number of ketones is 1. The number of carbonyl (C=O) groups excluding carboxylic acids is 1. The molecule has 0 heterocycles. The van der Waals surface area contributed by atoms with E-state index in [2.05, 4.69) is 0 Å². The minimum absolute atomic E-state index is 0.110. The smallest absolute Gasteiger partial charge is 0.317 e. The van der Waals surface area contributed by atoms with Gasteiger partial charge < -0.3 is 5.11 Å². The lowest BCUT2D eigenvalue weighted by atomic mass is 10.1. The van der Waals surface area contributed by atoms with Crippen LogP contribution in [-0.2, 0) is 4.79 Å². The molecule has 2 aromatic carbocycles. The zero-order valence-electron chi connectivity index (χ0n) is 11.0. The number of rotatable bonds is 6. The van der Waals surface area contributed by atoms with E-state index in [1.807, 2.05) is 0 Å². The minimum atomic E-state index is -1.06. The van der Waals surface area contributed by atoms with Gasteiger partial charge in [0.1, 0.15) is 11.1 Å². The topological polar surface area (TPSA) is 54.4 Å². The predicted octanol–water partition coefficient (Wildman–Crippen LogP) is 3.64. The molecule has 2 rings (SSSR count). The molecule has 0 aliphatic rings. The van der Waals surface area contributed by atoms with Gasteiger partial charge in [-0.05, 0) is 24.3 Å². The monoisotopic (exact) mass is 304 g/mol. The lowest BCUT2D eigenvalue weighted by Crippen LogP contribution is -2.20. The van der Waals surface area contributed by atoms with Crippen molar-refractivity contribution in [3.8, 4) is 0 Å². The highest BCUT2D eigenvalue weighted by atomic mass is 32.2. The molecule has 1 N–H and O–H groups in total. The Labute approximate surface area is 125 Å². The number of hydrogen-bond acceptors (Lipinski definition) is 3. The molecule has 0 aromatic heterocycles. The normalized spacial score (nSPS) is 11.9. The van der Waals surface area contributed by atoms with Crippen molar-refractivity contribution < 1.29 is 19.1 Å². The van der Waals surface area contributed by atoms with Gasteiger partial charge in [0, 0.05) is 16.9 Å². The molecule has 0 aliphatic carbocycles. The molecule has 3 nitrogen and oxygen atoms in total. The summed E-state index contributed by atoms with van der Waals surface area (Å²) < 4.78 is 12.8. The van der Waals surface area contributed by atoms with Crippen LogP contribution < -0.4 is 0 Å². The third-order valence-electron chi connectivity index (χ3n) is 2.83. The second-order valence-corrected chi connectivity index (χ2v) is 5.67. The van der Waals surface area contributed by atoms with E-state index in [1.54, 1.807) is 30.3 Å². The molecule has 5 heteroatoms. The van der Waals surface area contributed by atoms with Crippen LogP contribution in [0.4, 0.5) is 4.39 Å². The summed E-state index contributed by atoms with van der Waals surface area (Å²) in [5.74, 6) is -1.67. The van der Waals surface area contributed by atoms with Crippen molar-refractivity contribution in [1.82, 2.24) is 0 Å². The van der Waals surface area contributed by atoms with E-state index >= 15 is 0 Å². The van der Waals surface area contributed by atoms with E-state index < -0.39 is 11.2 Å². The van der Waals surface area contributed by atoms with Gasteiger partial charge in [-0.3, -0.25) is 9.59 Å². The van der Waals surface area contributed by atoms with Crippen molar-refractivity contribution in [2.45, 2.75) is 16.6 Å². The highest BCUT2D eigenvalue weighted by Crippen LogP contribution is 2.27. The maximum atomic E-state index is 12.8. The van der Waals surface area contributed by atoms with Crippen LogP contribution in [0.25, 0.3) is 0 Å². The molecular weight excluding hydrogens is 291 g/mol. The predicted molar refractivity (Wildman–Crippen MR) is 79.1 cm³/mol. The zero-order valence-corrected chi connectivity index (χ0v) is 11.8. The Bertz CT molecular complexity index is 626. The second-order valence-electron chi connectivity index (χ2n) is 4.39. The maximum absolute atomic E-state index is 12.8. The van der Waals surface area contributed by atoms with Gasteiger partial charge in [0.2, 0.25) is 0 Å². The fourth-order valence-electron chi connectivity index (χ4n) is 1.77. The van der Waals surface area contributed by atoms with Crippen molar-refractivity contribution in [2.75, 3.05) is 0 Å². The van der Waals surface area contributed by atoms with E-state index in [0.717, 1.165) is 11.8 Å². The van der Waals surface area contributed by atoms with Gasteiger partial charge in [0.05, 0.1) is 0 Å². The summed E-state index contributed by atoms with van der Waals surface area (Å²) in [6.07, 6.45) is -0.110. The van der Waals surface area contributed by atoms with Crippen molar-refractivity contribution >= 4 is 23.5 Å². The molecule has 0 radical (unpaired) electrons. The van der Waals surface area contributed by atoms with Crippen LogP contribution in [-0.4, -0.2) is 22.1 Å². The fraction of sp³-hybridized carbons (Fsp3) is 0.125. The van der Waals surface area contributed by atoms with Crippen LogP contribution in [0.1, 0.15) is 16.8 Å². The molecule has 0 saturated carbocycles. The van der Waals surface area contributed by atoms with E-state index in [4.69, 9.17) is 0 Å².